The van der Waals surface area contributed by atoms with Crippen molar-refractivity contribution in [2.75, 3.05) is 24.9 Å². The molecule has 0 radical (unpaired) electrons. The summed E-state index contributed by atoms with van der Waals surface area (Å²) in [6.45, 7) is 2.02. The molecule has 1 heterocycles. The summed E-state index contributed by atoms with van der Waals surface area (Å²) in [5.41, 5.74) is 3.63. The van der Waals surface area contributed by atoms with Crippen molar-refractivity contribution in [3.63, 3.8) is 0 Å². The van der Waals surface area contributed by atoms with E-state index < -0.39 is 0 Å². The van der Waals surface area contributed by atoms with Gasteiger partial charge in [-0.15, -0.1) is 0 Å². The van der Waals surface area contributed by atoms with E-state index in [2.05, 4.69) is 15.6 Å². The van der Waals surface area contributed by atoms with Crippen LogP contribution >= 0.6 is 11.6 Å². The summed E-state index contributed by atoms with van der Waals surface area (Å²) in [5.74, 6) is 0.537. The van der Waals surface area contributed by atoms with E-state index in [0.29, 0.717) is 33.5 Å². The highest BCUT2D eigenvalue weighted by atomic mass is 35.5. The van der Waals surface area contributed by atoms with Gasteiger partial charge >= 0.3 is 0 Å². The SMILES string of the molecule is COc1cc(NC(=O)c2cncc(Nc3ccc(C)cc3)c2)c(OC)cc1Cl. The van der Waals surface area contributed by atoms with E-state index in [0.717, 1.165) is 5.69 Å². The molecule has 0 aliphatic heterocycles. The third-order valence-corrected chi connectivity index (χ3v) is 4.36. The van der Waals surface area contributed by atoms with Gasteiger partial charge in [0.1, 0.15) is 11.5 Å². The molecule has 0 atom stereocenters. The largest absolute Gasteiger partial charge is 0.495 e. The number of nitrogens with one attached hydrogen (secondary N) is 2. The molecule has 3 aromatic rings. The predicted octanol–water partition coefficient (Wildman–Crippen LogP) is 5.06. The lowest BCUT2D eigenvalue weighted by atomic mass is 10.2. The minimum Gasteiger partial charge on any atom is -0.495 e. The Morgan fingerprint density at radius 3 is 2.36 bits per heavy atom. The zero-order chi connectivity index (χ0) is 20.1. The molecule has 6 nitrogen and oxygen atoms in total. The Labute approximate surface area is 168 Å². The average Bonchev–Trinajstić information content (AvgIpc) is 2.70. The van der Waals surface area contributed by atoms with Crippen LogP contribution in [0.1, 0.15) is 15.9 Å². The first-order valence-electron chi connectivity index (χ1n) is 8.52. The van der Waals surface area contributed by atoms with Crippen LogP contribution in [0, 0.1) is 6.92 Å². The zero-order valence-electron chi connectivity index (χ0n) is 15.7. The molecule has 0 bridgehead atoms. The molecule has 1 amide bonds. The monoisotopic (exact) mass is 397 g/mol. The Balaban J connectivity index is 1.81. The summed E-state index contributed by atoms with van der Waals surface area (Å²) in [6, 6.07) is 12.9. The molecule has 0 spiro atoms. The number of pyridine rings is 1. The number of rotatable bonds is 6. The lowest BCUT2D eigenvalue weighted by molar-refractivity contribution is 0.102. The van der Waals surface area contributed by atoms with Crippen LogP contribution in [0.15, 0.2) is 54.9 Å². The summed E-state index contributed by atoms with van der Waals surface area (Å²) in [7, 11) is 3.00. The molecule has 1 aromatic heterocycles. The third-order valence-electron chi connectivity index (χ3n) is 4.06. The second kappa shape index (κ2) is 8.63. The quantitative estimate of drug-likeness (QED) is 0.608. The lowest BCUT2D eigenvalue weighted by Gasteiger charge is -2.13. The number of amides is 1. The fourth-order valence-corrected chi connectivity index (χ4v) is 2.82. The number of hydrogen-bond acceptors (Lipinski definition) is 5. The number of nitrogens with zero attached hydrogens (tertiary/aromatic N) is 1. The number of aryl methyl sites for hydroxylation is 1. The van der Waals surface area contributed by atoms with Crippen molar-refractivity contribution >= 4 is 34.6 Å². The topological polar surface area (TPSA) is 72.5 Å². The maximum Gasteiger partial charge on any atom is 0.257 e. The minimum absolute atomic E-state index is 0.331. The first-order chi connectivity index (χ1) is 13.5. The van der Waals surface area contributed by atoms with Crippen molar-refractivity contribution in [2.45, 2.75) is 6.92 Å². The van der Waals surface area contributed by atoms with Crippen molar-refractivity contribution in [2.24, 2.45) is 0 Å². The number of anilines is 3. The molecule has 0 aliphatic rings. The maximum atomic E-state index is 12.7. The Kier molecular flexibility index (Phi) is 6.01. The fraction of sp³-hybridized carbons (Fsp3) is 0.143. The number of carbonyl (C=O) groups excluding carboxylic acids is 1. The summed E-state index contributed by atoms with van der Waals surface area (Å²) >= 11 is 6.11. The highest BCUT2D eigenvalue weighted by molar-refractivity contribution is 6.32. The van der Waals surface area contributed by atoms with Crippen molar-refractivity contribution < 1.29 is 14.3 Å². The molecule has 3 rings (SSSR count). The van der Waals surface area contributed by atoms with Crippen LogP contribution in [0.3, 0.4) is 0 Å². The van der Waals surface area contributed by atoms with E-state index in [9.17, 15) is 4.79 Å². The molecule has 0 saturated heterocycles. The van der Waals surface area contributed by atoms with Gasteiger partial charge in [0, 0.05) is 24.0 Å². The Hall–Kier alpha value is -3.25. The van der Waals surface area contributed by atoms with Crippen LogP contribution in [-0.2, 0) is 0 Å². The molecule has 0 saturated carbocycles. The van der Waals surface area contributed by atoms with E-state index in [1.807, 2.05) is 31.2 Å². The zero-order valence-corrected chi connectivity index (χ0v) is 16.5. The van der Waals surface area contributed by atoms with Gasteiger partial charge in [-0.25, -0.2) is 0 Å². The summed E-state index contributed by atoms with van der Waals surface area (Å²) in [6.07, 6.45) is 3.15. The third kappa shape index (κ3) is 4.53. The average molecular weight is 398 g/mol. The van der Waals surface area contributed by atoms with Gasteiger partial charge in [-0.1, -0.05) is 29.3 Å². The van der Waals surface area contributed by atoms with Crippen molar-refractivity contribution in [1.29, 1.82) is 0 Å². The second-order valence-corrected chi connectivity index (χ2v) is 6.50. The number of halogens is 1. The lowest BCUT2D eigenvalue weighted by Crippen LogP contribution is -2.13. The van der Waals surface area contributed by atoms with Crippen LogP contribution in [0.2, 0.25) is 5.02 Å². The number of hydrogen-bond donors (Lipinski definition) is 2. The molecule has 2 N–H and O–H groups in total. The summed E-state index contributed by atoms with van der Waals surface area (Å²) in [4.78, 5) is 16.9. The van der Waals surface area contributed by atoms with Gasteiger partial charge in [0.2, 0.25) is 0 Å². The molecule has 0 fully saturated rings. The maximum absolute atomic E-state index is 12.7. The van der Waals surface area contributed by atoms with Crippen LogP contribution in [0.5, 0.6) is 11.5 Å². The normalized spacial score (nSPS) is 10.3. The summed E-state index contributed by atoms with van der Waals surface area (Å²) < 4.78 is 10.5. The minimum atomic E-state index is -0.331. The number of aromatic nitrogens is 1. The highest BCUT2D eigenvalue weighted by Gasteiger charge is 2.14. The van der Waals surface area contributed by atoms with E-state index in [-0.39, 0.29) is 5.91 Å². The molecule has 7 heteroatoms. The second-order valence-electron chi connectivity index (χ2n) is 6.09. The smallest absolute Gasteiger partial charge is 0.257 e. The van der Waals surface area contributed by atoms with E-state index >= 15 is 0 Å². The number of methoxy groups -OCH3 is 2. The molecule has 2 aromatic carbocycles. The van der Waals surface area contributed by atoms with Gasteiger partial charge in [-0.3, -0.25) is 9.78 Å². The van der Waals surface area contributed by atoms with Gasteiger partial charge in [0.25, 0.3) is 5.91 Å². The van der Waals surface area contributed by atoms with E-state index in [4.69, 9.17) is 21.1 Å². The predicted molar refractivity (Wildman–Crippen MR) is 111 cm³/mol. The van der Waals surface area contributed by atoms with Gasteiger partial charge in [0.05, 0.1) is 42.4 Å². The van der Waals surface area contributed by atoms with Gasteiger partial charge in [-0.05, 0) is 25.1 Å². The van der Waals surface area contributed by atoms with Crippen LogP contribution < -0.4 is 20.1 Å². The first kappa shape index (κ1) is 19.5. The van der Waals surface area contributed by atoms with Crippen molar-refractivity contribution in [3.05, 3.63) is 71.0 Å². The van der Waals surface area contributed by atoms with Gasteiger partial charge < -0.3 is 20.1 Å². The Bertz CT molecular complexity index is 991. The molecule has 28 heavy (non-hydrogen) atoms. The first-order valence-corrected chi connectivity index (χ1v) is 8.89. The number of benzene rings is 2. The number of ether oxygens (including phenoxy) is 2. The molecular formula is C21H20ClN3O3. The van der Waals surface area contributed by atoms with Crippen LogP contribution in [-0.4, -0.2) is 25.1 Å². The molecule has 144 valence electrons. The van der Waals surface area contributed by atoms with Crippen LogP contribution in [0.4, 0.5) is 17.1 Å². The van der Waals surface area contributed by atoms with E-state index in [1.54, 1.807) is 24.4 Å². The van der Waals surface area contributed by atoms with Crippen molar-refractivity contribution in [1.82, 2.24) is 4.98 Å². The fourth-order valence-electron chi connectivity index (χ4n) is 2.59. The van der Waals surface area contributed by atoms with Crippen molar-refractivity contribution in [3.8, 4) is 11.5 Å². The Morgan fingerprint density at radius 2 is 1.68 bits per heavy atom. The highest BCUT2D eigenvalue weighted by Crippen LogP contribution is 2.36. The van der Waals surface area contributed by atoms with Gasteiger partial charge in [0.15, 0.2) is 0 Å². The Morgan fingerprint density at radius 1 is 0.964 bits per heavy atom. The standard InChI is InChI=1S/C21H20ClN3O3/c1-13-4-6-15(7-5-13)24-16-8-14(11-23-12-16)21(26)25-18-10-19(27-2)17(22)9-20(18)28-3/h4-12,24H,1-3H3,(H,25,26). The number of carbonyl (C=O) groups is 1. The molecule has 0 unspecified atom stereocenters. The van der Waals surface area contributed by atoms with E-state index in [1.165, 1.54) is 26.0 Å². The summed E-state index contributed by atoms with van der Waals surface area (Å²) in [5, 5.41) is 6.43. The molecular weight excluding hydrogens is 378 g/mol. The van der Waals surface area contributed by atoms with Gasteiger partial charge in [-0.2, -0.15) is 0 Å². The molecule has 0 aliphatic carbocycles. The van der Waals surface area contributed by atoms with Crippen LogP contribution in [0.25, 0.3) is 0 Å².